The van der Waals surface area contributed by atoms with E-state index in [9.17, 15) is 4.79 Å². The molecule has 0 saturated carbocycles. The number of carbonyl (C=O) groups is 1. The van der Waals surface area contributed by atoms with Gasteiger partial charge in [0.15, 0.2) is 0 Å². The Morgan fingerprint density at radius 1 is 1.21 bits per heavy atom. The van der Waals surface area contributed by atoms with Crippen molar-refractivity contribution < 1.29 is 4.79 Å². The van der Waals surface area contributed by atoms with Crippen molar-refractivity contribution in [2.45, 2.75) is 19.9 Å². The minimum atomic E-state index is -0.188. The average molecular weight is 275 g/mol. The van der Waals surface area contributed by atoms with E-state index >= 15 is 0 Å². The van der Waals surface area contributed by atoms with E-state index in [4.69, 9.17) is 11.6 Å². The summed E-state index contributed by atoms with van der Waals surface area (Å²) in [5.74, 6) is -0.188. The largest absolute Gasteiger partial charge is 0.348 e. The fourth-order valence-electron chi connectivity index (χ4n) is 1.73. The smallest absolute Gasteiger partial charge is 0.253 e. The number of halogens is 1. The van der Waals surface area contributed by atoms with Gasteiger partial charge < -0.3 is 5.32 Å². The maximum atomic E-state index is 11.9. The predicted octanol–water partition coefficient (Wildman–Crippen LogP) is 3.23. The lowest BCUT2D eigenvalue weighted by atomic mass is 10.1. The summed E-state index contributed by atoms with van der Waals surface area (Å²) in [4.78, 5) is 15.8. The van der Waals surface area contributed by atoms with Gasteiger partial charge in [-0.05, 0) is 23.6 Å². The van der Waals surface area contributed by atoms with Crippen LogP contribution >= 0.6 is 11.6 Å². The molecule has 0 aliphatic carbocycles. The van der Waals surface area contributed by atoms with Crippen LogP contribution in [0.5, 0.6) is 0 Å². The van der Waals surface area contributed by atoms with Gasteiger partial charge in [-0.25, -0.2) is 0 Å². The van der Waals surface area contributed by atoms with Crippen LogP contribution in [0, 0.1) is 0 Å². The number of benzene rings is 1. The van der Waals surface area contributed by atoms with Gasteiger partial charge in [0.1, 0.15) is 0 Å². The van der Waals surface area contributed by atoms with Gasteiger partial charge in [0.25, 0.3) is 5.91 Å². The molecule has 2 rings (SSSR count). The lowest BCUT2D eigenvalue weighted by Gasteiger charge is -2.07. The van der Waals surface area contributed by atoms with Crippen LogP contribution in [0.2, 0.25) is 5.02 Å². The number of pyridine rings is 1. The van der Waals surface area contributed by atoms with E-state index in [1.54, 1.807) is 12.3 Å². The van der Waals surface area contributed by atoms with Gasteiger partial charge >= 0.3 is 0 Å². The van der Waals surface area contributed by atoms with Crippen LogP contribution in [-0.4, -0.2) is 10.9 Å². The molecule has 0 aliphatic heterocycles. The third-order valence-corrected chi connectivity index (χ3v) is 3.20. The minimum absolute atomic E-state index is 0.188. The first-order valence-corrected chi connectivity index (χ1v) is 6.54. The number of amides is 1. The highest BCUT2D eigenvalue weighted by atomic mass is 35.5. The van der Waals surface area contributed by atoms with Gasteiger partial charge in [0.05, 0.1) is 10.6 Å². The molecule has 1 N–H and O–H groups in total. The van der Waals surface area contributed by atoms with Crippen molar-refractivity contribution in [3.8, 4) is 0 Å². The highest BCUT2D eigenvalue weighted by Crippen LogP contribution is 2.13. The van der Waals surface area contributed by atoms with E-state index in [1.165, 1.54) is 11.8 Å². The van der Waals surface area contributed by atoms with Crippen molar-refractivity contribution in [1.29, 1.82) is 0 Å². The van der Waals surface area contributed by atoms with Crippen molar-refractivity contribution in [3.63, 3.8) is 0 Å². The van der Waals surface area contributed by atoms with E-state index in [2.05, 4.69) is 29.4 Å². The number of nitrogens with one attached hydrogen (secondary N) is 1. The van der Waals surface area contributed by atoms with Gasteiger partial charge in [0, 0.05) is 18.9 Å². The summed E-state index contributed by atoms with van der Waals surface area (Å²) in [6, 6.07) is 9.79. The Morgan fingerprint density at radius 3 is 2.53 bits per heavy atom. The number of carbonyl (C=O) groups excluding carboxylic acids is 1. The third-order valence-electron chi connectivity index (χ3n) is 2.90. The molecule has 1 heterocycles. The monoisotopic (exact) mass is 274 g/mol. The fraction of sp³-hybridized carbons (Fsp3) is 0.200. The van der Waals surface area contributed by atoms with Crippen LogP contribution < -0.4 is 5.32 Å². The first-order chi connectivity index (χ1) is 9.20. The summed E-state index contributed by atoms with van der Waals surface area (Å²) in [7, 11) is 0. The summed E-state index contributed by atoms with van der Waals surface area (Å²) >= 11 is 5.92. The number of aryl methyl sites for hydroxylation is 1. The molecule has 98 valence electrons. The Bertz CT molecular complexity index is 567. The lowest BCUT2D eigenvalue weighted by Crippen LogP contribution is -2.23. The zero-order chi connectivity index (χ0) is 13.7. The van der Waals surface area contributed by atoms with Crippen LogP contribution in [0.25, 0.3) is 0 Å². The van der Waals surface area contributed by atoms with Crippen LogP contribution in [0.4, 0.5) is 0 Å². The number of nitrogens with zero attached hydrogens (tertiary/aromatic N) is 1. The third kappa shape index (κ3) is 3.55. The van der Waals surface area contributed by atoms with E-state index in [0.717, 1.165) is 12.0 Å². The molecule has 0 saturated heterocycles. The summed E-state index contributed by atoms with van der Waals surface area (Å²) in [6.45, 7) is 2.60. The second kappa shape index (κ2) is 6.34. The van der Waals surface area contributed by atoms with Crippen molar-refractivity contribution in [1.82, 2.24) is 10.3 Å². The summed E-state index contributed by atoms with van der Waals surface area (Å²) in [5, 5.41) is 3.20. The van der Waals surface area contributed by atoms with Crippen LogP contribution in [0.1, 0.15) is 28.4 Å². The highest BCUT2D eigenvalue weighted by molar-refractivity contribution is 6.33. The molecule has 3 nitrogen and oxygen atoms in total. The van der Waals surface area contributed by atoms with Crippen molar-refractivity contribution in [3.05, 3.63) is 64.4 Å². The van der Waals surface area contributed by atoms with Gasteiger partial charge in [-0.15, -0.1) is 0 Å². The van der Waals surface area contributed by atoms with Crippen LogP contribution in [0.3, 0.4) is 0 Å². The second-order valence-electron chi connectivity index (χ2n) is 4.21. The zero-order valence-electron chi connectivity index (χ0n) is 10.7. The van der Waals surface area contributed by atoms with Gasteiger partial charge in [-0.3, -0.25) is 9.78 Å². The standard InChI is InChI=1S/C15H15ClN2O/c1-2-11-3-5-12(6-4-11)9-18-15(19)13-7-8-17-10-14(13)16/h3-8,10H,2,9H2,1H3,(H,18,19). The Morgan fingerprint density at radius 2 is 1.89 bits per heavy atom. The lowest BCUT2D eigenvalue weighted by molar-refractivity contribution is 0.0951. The molecule has 0 aliphatic rings. The van der Waals surface area contributed by atoms with Crippen molar-refractivity contribution >= 4 is 17.5 Å². The molecular formula is C15H15ClN2O. The zero-order valence-corrected chi connectivity index (χ0v) is 11.4. The molecule has 4 heteroatoms. The van der Waals surface area contributed by atoms with E-state index in [0.29, 0.717) is 17.1 Å². The summed E-state index contributed by atoms with van der Waals surface area (Å²) in [5.41, 5.74) is 2.80. The van der Waals surface area contributed by atoms with E-state index in [-0.39, 0.29) is 5.91 Å². The number of rotatable bonds is 4. The molecule has 0 atom stereocenters. The molecule has 0 spiro atoms. The first kappa shape index (κ1) is 13.6. The van der Waals surface area contributed by atoms with Gasteiger partial charge in [-0.1, -0.05) is 42.8 Å². The molecule has 1 aromatic carbocycles. The van der Waals surface area contributed by atoms with Crippen LogP contribution in [0.15, 0.2) is 42.7 Å². The molecule has 0 bridgehead atoms. The minimum Gasteiger partial charge on any atom is -0.348 e. The first-order valence-electron chi connectivity index (χ1n) is 6.16. The normalized spacial score (nSPS) is 10.2. The van der Waals surface area contributed by atoms with Gasteiger partial charge in [0.2, 0.25) is 0 Å². The van der Waals surface area contributed by atoms with Gasteiger partial charge in [-0.2, -0.15) is 0 Å². The Kier molecular flexibility index (Phi) is 4.53. The maximum absolute atomic E-state index is 11.9. The summed E-state index contributed by atoms with van der Waals surface area (Å²) < 4.78 is 0. The fourth-order valence-corrected chi connectivity index (χ4v) is 1.93. The quantitative estimate of drug-likeness (QED) is 0.930. The Balaban J connectivity index is 1.98. The number of hydrogen-bond donors (Lipinski definition) is 1. The molecular weight excluding hydrogens is 260 g/mol. The van der Waals surface area contributed by atoms with Crippen molar-refractivity contribution in [2.75, 3.05) is 0 Å². The average Bonchev–Trinajstić information content (AvgIpc) is 2.46. The number of hydrogen-bond acceptors (Lipinski definition) is 2. The topological polar surface area (TPSA) is 42.0 Å². The maximum Gasteiger partial charge on any atom is 0.253 e. The molecule has 0 fully saturated rings. The second-order valence-corrected chi connectivity index (χ2v) is 4.62. The highest BCUT2D eigenvalue weighted by Gasteiger charge is 2.09. The predicted molar refractivity (Wildman–Crippen MR) is 76.2 cm³/mol. The summed E-state index contributed by atoms with van der Waals surface area (Å²) in [6.07, 6.45) is 4.03. The molecule has 2 aromatic rings. The molecule has 1 aromatic heterocycles. The van der Waals surface area contributed by atoms with E-state index in [1.807, 2.05) is 12.1 Å². The molecule has 0 radical (unpaired) electrons. The molecule has 1 amide bonds. The number of aromatic nitrogens is 1. The Hall–Kier alpha value is -1.87. The molecule has 19 heavy (non-hydrogen) atoms. The van der Waals surface area contributed by atoms with Crippen molar-refractivity contribution in [2.24, 2.45) is 0 Å². The van der Waals surface area contributed by atoms with E-state index < -0.39 is 0 Å². The molecule has 0 unspecified atom stereocenters. The Labute approximate surface area is 117 Å². The van der Waals surface area contributed by atoms with Crippen LogP contribution in [-0.2, 0) is 13.0 Å². The SMILES string of the molecule is CCc1ccc(CNC(=O)c2ccncc2Cl)cc1.